The number of nitro groups is 1. The van der Waals surface area contributed by atoms with Crippen LogP contribution in [-0.2, 0) is 11.4 Å². The summed E-state index contributed by atoms with van der Waals surface area (Å²) in [5.41, 5.74) is 2.33. The van der Waals surface area contributed by atoms with Crippen LogP contribution < -0.4 is 10.1 Å². The van der Waals surface area contributed by atoms with Crippen molar-refractivity contribution in [2.45, 2.75) is 6.61 Å². The Labute approximate surface area is 172 Å². The zero-order chi connectivity index (χ0) is 20.6. The average Bonchev–Trinajstić information content (AvgIpc) is 2.73. The molecule has 6 nitrogen and oxygen atoms in total. The largest absolute Gasteiger partial charge is 0.489 e. The molecule has 1 N–H and O–H groups in total. The van der Waals surface area contributed by atoms with Crippen LogP contribution in [0, 0.1) is 10.1 Å². The van der Waals surface area contributed by atoms with Gasteiger partial charge in [-0.3, -0.25) is 14.9 Å². The predicted molar refractivity (Wildman–Crippen MR) is 113 cm³/mol. The van der Waals surface area contributed by atoms with Crippen LogP contribution in [0.2, 0.25) is 5.02 Å². The van der Waals surface area contributed by atoms with E-state index in [0.29, 0.717) is 28.6 Å². The molecule has 0 atom stereocenters. The number of hydrogen-bond donors (Lipinski definition) is 1. The molecule has 3 aromatic carbocycles. The Morgan fingerprint density at radius 1 is 1.00 bits per heavy atom. The van der Waals surface area contributed by atoms with Gasteiger partial charge in [0.25, 0.3) is 5.69 Å². The number of nitrogens with one attached hydrogen (secondary N) is 1. The van der Waals surface area contributed by atoms with Crippen molar-refractivity contribution < 1.29 is 14.5 Å². The second-order valence-corrected chi connectivity index (χ2v) is 6.55. The van der Waals surface area contributed by atoms with Crippen molar-refractivity contribution >= 4 is 35.0 Å². The van der Waals surface area contributed by atoms with Crippen molar-refractivity contribution in [2.75, 3.05) is 5.32 Å². The molecular formula is C22H17ClN2O4. The standard InChI is InChI=1S/C22H17ClN2O4/c23-18-6-1-17(2-7-18)15-29-21-12-8-19(9-13-21)24-22(26)14-5-16-3-10-20(11-4-16)25(27)28/h1-14H,15H2,(H,24,26)/b14-5+. The first kappa shape index (κ1) is 20.1. The van der Waals surface area contributed by atoms with Crippen LogP contribution >= 0.6 is 11.6 Å². The normalized spacial score (nSPS) is 10.7. The molecule has 0 spiro atoms. The number of hydrogen-bond acceptors (Lipinski definition) is 4. The minimum Gasteiger partial charge on any atom is -0.489 e. The van der Waals surface area contributed by atoms with Crippen molar-refractivity contribution in [1.82, 2.24) is 0 Å². The van der Waals surface area contributed by atoms with E-state index in [4.69, 9.17) is 16.3 Å². The number of carbonyl (C=O) groups is 1. The van der Waals surface area contributed by atoms with Gasteiger partial charge in [-0.15, -0.1) is 0 Å². The van der Waals surface area contributed by atoms with E-state index in [1.807, 2.05) is 24.3 Å². The van der Waals surface area contributed by atoms with Gasteiger partial charge in [0.15, 0.2) is 0 Å². The van der Waals surface area contributed by atoms with Crippen LogP contribution in [0.4, 0.5) is 11.4 Å². The van der Waals surface area contributed by atoms with Gasteiger partial charge < -0.3 is 10.1 Å². The van der Waals surface area contributed by atoms with Crippen LogP contribution in [0.5, 0.6) is 5.75 Å². The van der Waals surface area contributed by atoms with E-state index in [1.165, 1.54) is 18.2 Å². The van der Waals surface area contributed by atoms with E-state index in [2.05, 4.69) is 5.32 Å². The number of ether oxygens (including phenoxy) is 1. The molecule has 0 saturated carbocycles. The molecule has 7 heteroatoms. The molecule has 0 bridgehead atoms. The first-order valence-corrected chi connectivity index (χ1v) is 9.08. The van der Waals surface area contributed by atoms with Gasteiger partial charge in [-0.1, -0.05) is 23.7 Å². The maximum absolute atomic E-state index is 12.0. The number of nitrogens with zero attached hydrogens (tertiary/aromatic N) is 1. The number of non-ortho nitro benzene ring substituents is 1. The summed E-state index contributed by atoms with van der Waals surface area (Å²) in [7, 11) is 0. The maximum Gasteiger partial charge on any atom is 0.269 e. The molecule has 0 aliphatic heterocycles. The highest BCUT2D eigenvalue weighted by Gasteiger charge is 2.03. The van der Waals surface area contributed by atoms with Crippen molar-refractivity contribution in [3.63, 3.8) is 0 Å². The first-order valence-electron chi connectivity index (χ1n) is 8.70. The van der Waals surface area contributed by atoms with Crippen molar-refractivity contribution in [3.05, 3.63) is 105 Å². The Hall–Kier alpha value is -3.64. The lowest BCUT2D eigenvalue weighted by molar-refractivity contribution is -0.384. The smallest absolute Gasteiger partial charge is 0.269 e. The van der Waals surface area contributed by atoms with Crippen molar-refractivity contribution in [2.24, 2.45) is 0 Å². The maximum atomic E-state index is 12.0. The van der Waals surface area contributed by atoms with Gasteiger partial charge in [-0.2, -0.15) is 0 Å². The molecule has 146 valence electrons. The second kappa shape index (κ2) is 9.52. The SMILES string of the molecule is O=C(/C=C/c1ccc([N+](=O)[O-])cc1)Nc1ccc(OCc2ccc(Cl)cc2)cc1. The third kappa shape index (κ3) is 6.19. The molecule has 3 rings (SSSR count). The van der Waals surface area contributed by atoms with Gasteiger partial charge in [0.2, 0.25) is 5.91 Å². The number of anilines is 1. The van der Waals surface area contributed by atoms with Crippen LogP contribution in [0.3, 0.4) is 0 Å². The quantitative estimate of drug-likeness (QED) is 0.319. The average molecular weight is 409 g/mol. The third-order valence-electron chi connectivity index (χ3n) is 3.97. The van der Waals surface area contributed by atoms with E-state index >= 15 is 0 Å². The fourth-order valence-corrected chi connectivity index (χ4v) is 2.57. The molecule has 0 aromatic heterocycles. The highest BCUT2D eigenvalue weighted by molar-refractivity contribution is 6.30. The predicted octanol–water partition coefficient (Wildman–Crippen LogP) is 5.48. The van der Waals surface area contributed by atoms with E-state index in [1.54, 1.807) is 42.5 Å². The van der Waals surface area contributed by atoms with Gasteiger partial charge >= 0.3 is 0 Å². The Morgan fingerprint density at radius 3 is 2.28 bits per heavy atom. The Kier molecular flexibility index (Phi) is 6.60. The number of amides is 1. The highest BCUT2D eigenvalue weighted by atomic mass is 35.5. The molecular weight excluding hydrogens is 392 g/mol. The lowest BCUT2D eigenvalue weighted by Gasteiger charge is -2.08. The molecule has 0 aliphatic carbocycles. The Balaban J connectivity index is 1.51. The Morgan fingerprint density at radius 2 is 1.66 bits per heavy atom. The minimum atomic E-state index is -0.469. The van der Waals surface area contributed by atoms with Crippen molar-refractivity contribution in [1.29, 1.82) is 0 Å². The van der Waals surface area contributed by atoms with E-state index in [-0.39, 0.29) is 11.6 Å². The Bertz CT molecular complexity index is 1010. The first-order chi connectivity index (χ1) is 14.0. The monoisotopic (exact) mass is 408 g/mol. The lowest BCUT2D eigenvalue weighted by atomic mass is 10.2. The van der Waals surface area contributed by atoms with E-state index in [0.717, 1.165) is 5.56 Å². The molecule has 29 heavy (non-hydrogen) atoms. The van der Waals surface area contributed by atoms with Crippen LogP contribution in [0.25, 0.3) is 6.08 Å². The van der Waals surface area contributed by atoms with Crippen molar-refractivity contribution in [3.8, 4) is 5.75 Å². The van der Waals surface area contributed by atoms with Crippen LogP contribution in [-0.4, -0.2) is 10.8 Å². The van der Waals surface area contributed by atoms with Gasteiger partial charge in [-0.25, -0.2) is 0 Å². The summed E-state index contributed by atoms with van der Waals surface area (Å²) in [6.07, 6.45) is 2.95. The van der Waals surface area contributed by atoms with Gasteiger partial charge in [0.1, 0.15) is 12.4 Å². The summed E-state index contributed by atoms with van der Waals surface area (Å²) in [5.74, 6) is 0.373. The summed E-state index contributed by atoms with van der Waals surface area (Å²) in [6.45, 7) is 0.418. The zero-order valence-corrected chi connectivity index (χ0v) is 16.0. The van der Waals surface area contributed by atoms with Gasteiger partial charge in [0.05, 0.1) is 4.92 Å². The van der Waals surface area contributed by atoms with Gasteiger partial charge in [0, 0.05) is 28.9 Å². The van der Waals surface area contributed by atoms with E-state index < -0.39 is 4.92 Å². The number of benzene rings is 3. The summed E-state index contributed by atoms with van der Waals surface area (Å²) < 4.78 is 5.71. The fourth-order valence-electron chi connectivity index (χ4n) is 2.44. The number of rotatable bonds is 7. The molecule has 0 fully saturated rings. The topological polar surface area (TPSA) is 81.5 Å². The number of nitro benzene ring substituents is 1. The second-order valence-electron chi connectivity index (χ2n) is 6.11. The fraction of sp³-hybridized carbons (Fsp3) is 0.0455. The molecule has 0 unspecified atom stereocenters. The minimum absolute atomic E-state index is 0.00460. The molecule has 0 radical (unpaired) electrons. The lowest BCUT2D eigenvalue weighted by Crippen LogP contribution is -2.07. The summed E-state index contributed by atoms with van der Waals surface area (Å²) in [5, 5.41) is 14.1. The molecule has 0 heterocycles. The summed E-state index contributed by atoms with van der Waals surface area (Å²) in [4.78, 5) is 22.2. The van der Waals surface area contributed by atoms with Gasteiger partial charge in [-0.05, 0) is 65.7 Å². The van der Waals surface area contributed by atoms with Crippen LogP contribution in [0.1, 0.15) is 11.1 Å². The molecule has 1 amide bonds. The van der Waals surface area contributed by atoms with Crippen LogP contribution in [0.15, 0.2) is 78.9 Å². The summed E-state index contributed by atoms with van der Waals surface area (Å²) in [6, 6.07) is 20.4. The third-order valence-corrected chi connectivity index (χ3v) is 4.22. The summed E-state index contributed by atoms with van der Waals surface area (Å²) >= 11 is 5.86. The molecule has 0 saturated heterocycles. The zero-order valence-electron chi connectivity index (χ0n) is 15.2. The number of carbonyl (C=O) groups excluding carboxylic acids is 1. The molecule has 0 aliphatic rings. The van der Waals surface area contributed by atoms with E-state index in [9.17, 15) is 14.9 Å². The molecule has 3 aromatic rings. The number of halogens is 1. The highest BCUT2D eigenvalue weighted by Crippen LogP contribution is 2.18.